The zero-order chi connectivity index (χ0) is 9.60. The molecule has 0 aromatic heterocycles. The van der Waals surface area contributed by atoms with Crippen LogP contribution in [0.15, 0.2) is 30.3 Å². The van der Waals surface area contributed by atoms with E-state index in [1.165, 1.54) is 26.1 Å². The predicted molar refractivity (Wildman–Crippen MR) is 58.3 cm³/mol. The lowest BCUT2D eigenvalue weighted by Crippen LogP contribution is -2.26. The fourth-order valence-electron chi connectivity index (χ4n) is 3.04. The molecular weight excluding hydrogens is 170 g/mol. The highest BCUT2D eigenvalue weighted by Gasteiger charge is 2.60. The van der Waals surface area contributed by atoms with Gasteiger partial charge in [-0.05, 0) is 24.4 Å². The smallest absolute Gasteiger partial charge is 0.0124 e. The van der Waals surface area contributed by atoms with Crippen LogP contribution in [0, 0.1) is 5.92 Å². The van der Waals surface area contributed by atoms with Crippen LogP contribution in [0.25, 0.3) is 0 Å². The minimum absolute atomic E-state index is 0.553. The molecule has 74 valence electrons. The van der Waals surface area contributed by atoms with Crippen molar-refractivity contribution in [2.75, 3.05) is 19.6 Å². The number of nitrogens with zero attached hydrogens (tertiary/aromatic N) is 1. The van der Waals surface area contributed by atoms with Gasteiger partial charge in [0.05, 0.1) is 0 Å². The molecule has 0 bridgehead atoms. The Morgan fingerprint density at radius 3 is 2.79 bits per heavy atom. The van der Waals surface area contributed by atoms with Crippen molar-refractivity contribution in [1.82, 2.24) is 4.90 Å². The number of piperidine rings is 1. The number of hydrogen-bond donors (Lipinski definition) is 0. The van der Waals surface area contributed by atoms with Crippen LogP contribution >= 0.6 is 0 Å². The minimum Gasteiger partial charge on any atom is -0.302 e. The van der Waals surface area contributed by atoms with Gasteiger partial charge in [-0.3, -0.25) is 0 Å². The fraction of sp³-hybridized carbons (Fsp3) is 0.538. The van der Waals surface area contributed by atoms with Crippen LogP contribution < -0.4 is 0 Å². The van der Waals surface area contributed by atoms with Crippen molar-refractivity contribution in [3.05, 3.63) is 35.9 Å². The Kier molecular flexibility index (Phi) is 1.72. The quantitative estimate of drug-likeness (QED) is 0.686. The van der Waals surface area contributed by atoms with E-state index in [0.717, 1.165) is 5.92 Å². The molecule has 0 N–H and O–H groups in total. The lowest BCUT2D eigenvalue weighted by atomic mass is 9.95. The largest absolute Gasteiger partial charge is 0.302 e. The molecule has 1 aliphatic heterocycles. The van der Waals surface area contributed by atoms with Gasteiger partial charge in [0.2, 0.25) is 0 Å². The number of likely N-dealkylation sites (tertiary alicyclic amines) is 1. The second-order valence-electron chi connectivity index (χ2n) is 4.75. The first-order valence-corrected chi connectivity index (χ1v) is 5.63. The SMILES string of the molecule is CCN1C[C@@H]2CC2(c2ccccc2)C1. The summed E-state index contributed by atoms with van der Waals surface area (Å²) in [5.41, 5.74) is 2.12. The molecule has 2 aliphatic rings. The first-order valence-electron chi connectivity index (χ1n) is 5.63. The Labute approximate surface area is 85.7 Å². The minimum atomic E-state index is 0.553. The van der Waals surface area contributed by atoms with E-state index in [0.29, 0.717) is 5.41 Å². The number of benzene rings is 1. The summed E-state index contributed by atoms with van der Waals surface area (Å²) in [4.78, 5) is 2.58. The average molecular weight is 187 g/mol. The number of hydrogen-bond acceptors (Lipinski definition) is 1. The summed E-state index contributed by atoms with van der Waals surface area (Å²) in [5.74, 6) is 0.949. The zero-order valence-corrected chi connectivity index (χ0v) is 8.74. The van der Waals surface area contributed by atoms with Crippen molar-refractivity contribution in [3.63, 3.8) is 0 Å². The Bertz CT molecular complexity index is 332. The highest BCUT2D eigenvalue weighted by Crippen LogP contribution is 2.58. The standard InChI is InChI=1S/C13H17N/c1-2-14-9-12-8-13(12,10-14)11-6-4-3-5-7-11/h3-7,12H,2,8-10H2,1H3/t12-,13?/m0/s1. The summed E-state index contributed by atoms with van der Waals surface area (Å²) in [5, 5.41) is 0. The van der Waals surface area contributed by atoms with Gasteiger partial charge in [-0.2, -0.15) is 0 Å². The molecule has 1 saturated heterocycles. The maximum atomic E-state index is 2.58. The summed E-state index contributed by atoms with van der Waals surface area (Å²) in [6.45, 7) is 6.10. The van der Waals surface area contributed by atoms with Gasteiger partial charge >= 0.3 is 0 Å². The lowest BCUT2D eigenvalue weighted by molar-refractivity contribution is 0.314. The van der Waals surface area contributed by atoms with Crippen molar-refractivity contribution < 1.29 is 0 Å². The van der Waals surface area contributed by atoms with Crippen LogP contribution in [0.4, 0.5) is 0 Å². The van der Waals surface area contributed by atoms with Gasteiger partial charge in [-0.15, -0.1) is 0 Å². The molecule has 1 heterocycles. The molecule has 1 nitrogen and oxygen atoms in total. The zero-order valence-electron chi connectivity index (χ0n) is 8.74. The second-order valence-corrected chi connectivity index (χ2v) is 4.75. The first-order chi connectivity index (χ1) is 6.85. The maximum absolute atomic E-state index is 2.58. The second kappa shape index (κ2) is 2.83. The number of fused-ring (bicyclic) bond motifs is 1. The van der Waals surface area contributed by atoms with Crippen LogP contribution in [-0.2, 0) is 5.41 Å². The maximum Gasteiger partial charge on any atom is 0.0124 e. The highest BCUT2D eigenvalue weighted by molar-refractivity contribution is 5.36. The van der Waals surface area contributed by atoms with Gasteiger partial charge in [0.25, 0.3) is 0 Å². The van der Waals surface area contributed by atoms with E-state index < -0.39 is 0 Å². The monoisotopic (exact) mass is 187 g/mol. The van der Waals surface area contributed by atoms with Crippen molar-refractivity contribution in [1.29, 1.82) is 0 Å². The third-order valence-corrected chi connectivity index (χ3v) is 4.01. The Morgan fingerprint density at radius 2 is 2.14 bits per heavy atom. The summed E-state index contributed by atoms with van der Waals surface area (Å²) >= 11 is 0. The number of likely N-dealkylation sites (N-methyl/N-ethyl adjacent to an activating group) is 1. The van der Waals surface area contributed by atoms with Crippen LogP contribution in [-0.4, -0.2) is 24.5 Å². The molecule has 0 spiro atoms. The molecule has 0 radical (unpaired) electrons. The van der Waals surface area contributed by atoms with Crippen LogP contribution in [0.5, 0.6) is 0 Å². The molecule has 2 fully saturated rings. The summed E-state index contributed by atoms with van der Waals surface area (Å²) in [7, 11) is 0. The van der Waals surface area contributed by atoms with Gasteiger partial charge in [0.1, 0.15) is 0 Å². The molecule has 1 aliphatic carbocycles. The number of rotatable bonds is 2. The van der Waals surface area contributed by atoms with E-state index in [4.69, 9.17) is 0 Å². The Hall–Kier alpha value is -0.820. The third-order valence-electron chi connectivity index (χ3n) is 4.01. The van der Waals surface area contributed by atoms with Crippen molar-refractivity contribution >= 4 is 0 Å². The molecule has 1 aromatic rings. The molecular formula is C13H17N. The molecule has 1 aromatic carbocycles. The Morgan fingerprint density at radius 1 is 1.36 bits per heavy atom. The molecule has 14 heavy (non-hydrogen) atoms. The Balaban J connectivity index is 1.88. The fourth-order valence-corrected chi connectivity index (χ4v) is 3.04. The van der Waals surface area contributed by atoms with Crippen LogP contribution in [0.3, 0.4) is 0 Å². The highest BCUT2D eigenvalue weighted by atomic mass is 15.2. The van der Waals surface area contributed by atoms with E-state index in [-0.39, 0.29) is 0 Å². The molecule has 1 heteroatoms. The van der Waals surface area contributed by atoms with Gasteiger partial charge in [0.15, 0.2) is 0 Å². The van der Waals surface area contributed by atoms with Gasteiger partial charge < -0.3 is 4.90 Å². The predicted octanol–water partition coefficient (Wildman–Crippen LogP) is 2.28. The van der Waals surface area contributed by atoms with E-state index >= 15 is 0 Å². The summed E-state index contributed by atoms with van der Waals surface area (Å²) in [6, 6.07) is 11.1. The molecule has 1 unspecified atom stereocenters. The van der Waals surface area contributed by atoms with E-state index in [9.17, 15) is 0 Å². The molecule has 2 atom stereocenters. The van der Waals surface area contributed by atoms with E-state index in [2.05, 4.69) is 42.2 Å². The van der Waals surface area contributed by atoms with Crippen molar-refractivity contribution in [2.24, 2.45) is 5.92 Å². The van der Waals surface area contributed by atoms with Gasteiger partial charge in [0, 0.05) is 18.5 Å². The normalized spacial score (nSPS) is 35.6. The molecule has 1 saturated carbocycles. The lowest BCUT2D eigenvalue weighted by Gasteiger charge is -2.18. The van der Waals surface area contributed by atoms with Crippen molar-refractivity contribution in [3.8, 4) is 0 Å². The summed E-state index contributed by atoms with van der Waals surface area (Å²) in [6.07, 6.45) is 1.42. The van der Waals surface area contributed by atoms with Crippen LogP contribution in [0.2, 0.25) is 0 Å². The van der Waals surface area contributed by atoms with Crippen LogP contribution in [0.1, 0.15) is 18.9 Å². The van der Waals surface area contributed by atoms with E-state index in [1.54, 1.807) is 5.56 Å². The third kappa shape index (κ3) is 1.05. The average Bonchev–Trinajstić information content (AvgIpc) is 2.83. The molecule has 0 amide bonds. The topological polar surface area (TPSA) is 3.24 Å². The summed E-state index contributed by atoms with van der Waals surface area (Å²) < 4.78 is 0. The van der Waals surface area contributed by atoms with Gasteiger partial charge in [-0.25, -0.2) is 0 Å². The first kappa shape index (κ1) is 8.49. The van der Waals surface area contributed by atoms with Gasteiger partial charge in [-0.1, -0.05) is 37.3 Å². The van der Waals surface area contributed by atoms with E-state index in [1.807, 2.05) is 0 Å². The van der Waals surface area contributed by atoms with Crippen molar-refractivity contribution in [2.45, 2.75) is 18.8 Å². The molecule has 3 rings (SSSR count).